The molecule has 9 heteroatoms. The number of carbonyl (C=O) groups excluding carboxylic acids is 4. The van der Waals surface area contributed by atoms with Crippen molar-refractivity contribution in [1.29, 1.82) is 0 Å². The molecule has 4 amide bonds. The monoisotopic (exact) mass is 657 g/mol. The van der Waals surface area contributed by atoms with E-state index in [1.54, 1.807) is 48.5 Å². The molecule has 2 aliphatic heterocycles. The van der Waals surface area contributed by atoms with Gasteiger partial charge in [-0.25, -0.2) is 0 Å². The van der Waals surface area contributed by atoms with Crippen LogP contribution in [0.3, 0.4) is 0 Å². The summed E-state index contributed by atoms with van der Waals surface area (Å²) in [7, 11) is 0. The standard InChI is InChI=1S/C39H32ClN3O5/c1-22-12-15-25(16-13-22)41-43-36(46)31-21-29-27(17-18-28-33(29)37(47)42(35(28)45)26-10-6-3-7-11-26)34(30-20-24(40)14-19-32(30)44)39(31,38(43)48)23-8-4-2-5-9-23/h2-17,19-20,28-29,31,33-34,41,44H,18,21H2,1H3/t28-,29+,31-,33-,34+,39+/m0/s1. The van der Waals surface area contributed by atoms with Crippen LogP contribution in [0.1, 0.15) is 35.4 Å². The Morgan fingerprint density at radius 3 is 2.21 bits per heavy atom. The van der Waals surface area contributed by atoms with Crippen LogP contribution in [0.2, 0.25) is 5.02 Å². The molecule has 0 aromatic heterocycles. The number of carbonyl (C=O) groups is 4. The van der Waals surface area contributed by atoms with Crippen LogP contribution in [0.4, 0.5) is 11.4 Å². The Kier molecular flexibility index (Phi) is 7.03. The molecule has 2 saturated heterocycles. The number of halogens is 1. The zero-order valence-electron chi connectivity index (χ0n) is 26.0. The molecular formula is C39H32ClN3O5. The average Bonchev–Trinajstić information content (AvgIpc) is 3.48. The summed E-state index contributed by atoms with van der Waals surface area (Å²) in [5.74, 6) is -5.26. The average molecular weight is 658 g/mol. The van der Waals surface area contributed by atoms with Gasteiger partial charge in [0.25, 0.3) is 11.8 Å². The number of phenolic OH excluding ortho intramolecular Hbond substituents is 1. The number of nitrogens with zero attached hydrogens (tertiary/aromatic N) is 2. The Hall–Kier alpha value is -5.21. The maximum Gasteiger partial charge on any atom is 0.260 e. The van der Waals surface area contributed by atoms with E-state index in [1.165, 1.54) is 11.0 Å². The van der Waals surface area contributed by atoms with Crippen LogP contribution in [-0.2, 0) is 24.6 Å². The van der Waals surface area contributed by atoms with Crippen molar-refractivity contribution in [2.45, 2.75) is 31.1 Å². The van der Waals surface area contributed by atoms with Gasteiger partial charge >= 0.3 is 0 Å². The largest absolute Gasteiger partial charge is 0.508 e. The molecule has 8 nitrogen and oxygen atoms in total. The third-order valence-corrected chi connectivity index (χ3v) is 10.9. The Balaban J connectivity index is 1.34. The number of aryl methyl sites for hydroxylation is 1. The number of nitrogens with one attached hydrogen (secondary N) is 1. The van der Waals surface area contributed by atoms with E-state index in [1.807, 2.05) is 61.5 Å². The van der Waals surface area contributed by atoms with E-state index in [4.69, 9.17) is 11.6 Å². The minimum Gasteiger partial charge on any atom is -0.508 e. The number of aromatic hydroxyl groups is 1. The van der Waals surface area contributed by atoms with Gasteiger partial charge in [0.1, 0.15) is 5.75 Å². The number of rotatable bonds is 5. The van der Waals surface area contributed by atoms with Gasteiger partial charge in [-0.3, -0.25) is 29.5 Å². The van der Waals surface area contributed by atoms with Gasteiger partial charge in [-0.1, -0.05) is 89.5 Å². The van der Waals surface area contributed by atoms with Crippen LogP contribution in [0.5, 0.6) is 5.75 Å². The number of benzene rings is 4. The van der Waals surface area contributed by atoms with Gasteiger partial charge in [-0.05, 0) is 73.7 Å². The van der Waals surface area contributed by atoms with Crippen molar-refractivity contribution >= 4 is 46.6 Å². The van der Waals surface area contributed by atoms with Crippen LogP contribution in [-0.4, -0.2) is 33.7 Å². The summed E-state index contributed by atoms with van der Waals surface area (Å²) in [5, 5.41) is 12.9. The van der Waals surface area contributed by atoms with Gasteiger partial charge in [0, 0.05) is 16.5 Å². The number of phenols is 1. The Morgan fingerprint density at radius 2 is 1.50 bits per heavy atom. The molecule has 0 bridgehead atoms. The molecule has 2 aliphatic carbocycles. The summed E-state index contributed by atoms with van der Waals surface area (Å²) in [5.41, 5.74) is 5.45. The lowest BCUT2D eigenvalue weighted by Gasteiger charge is -2.50. The van der Waals surface area contributed by atoms with Crippen molar-refractivity contribution in [1.82, 2.24) is 5.01 Å². The smallest absolute Gasteiger partial charge is 0.260 e. The van der Waals surface area contributed by atoms with Gasteiger partial charge in [0.15, 0.2) is 0 Å². The number of hydrogen-bond acceptors (Lipinski definition) is 6. The molecule has 0 spiro atoms. The maximum atomic E-state index is 15.2. The van der Waals surface area contributed by atoms with Crippen molar-refractivity contribution in [3.05, 3.63) is 136 Å². The lowest BCUT2D eigenvalue weighted by molar-refractivity contribution is -0.138. The van der Waals surface area contributed by atoms with Crippen molar-refractivity contribution < 1.29 is 24.3 Å². The number of fused-ring (bicyclic) bond motifs is 4. The van der Waals surface area contributed by atoms with Crippen LogP contribution in [0, 0.1) is 30.6 Å². The van der Waals surface area contributed by atoms with E-state index < -0.39 is 46.8 Å². The Morgan fingerprint density at radius 1 is 0.812 bits per heavy atom. The van der Waals surface area contributed by atoms with E-state index >= 15 is 4.79 Å². The minimum atomic E-state index is -1.49. The zero-order chi connectivity index (χ0) is 33.3. The zero-order valence-corrected chi connectivity index (χ0v) is 26.8. The summed E-state index contributed by atoms with van der Waals surface area (Å²) < 4.78 is 0. The van der Waals surface area contributed by atoms with Crippen LogP contribution in [0.25, 0.3) is 0 Å². The summed E-state index contributed by atoms with van der Waals surface area (Å²) >= 11 is 6.57. The molecule has 48 heavy (non-hydrogen) atoms. The van der Waals surface area contributed by atoms with Crippen molar-refractivity contribution in [2.75, 3.05) is 10.3 Å². The first-order chi connectivity index (χ1) is 23.2. The molecule has 240 valence electrons. The number of imide groups is 2. The third kappa shape index (κ3) is 4.28. The van der Waals surface area contributed by atoms with Gasteiger partial charge in [-0.2, -0.15) is 5.01 Å². The first-order valence-corrected chi connectivity index (χ1v) is 16.5. The minimum absolute atomic E-state index is 0.0768. The lowest BCUT2D eigenvalue weighted by atomic mass is 9.49. The Bertz CT molecular complexity index is 2010. The third-order valence-electron chi connectivity index (χ3n) is 10.7. The highest BCUT2D eigenvalue weighted by Gasteiger charge is 2.70. The fraction of sp³-hybridized carbons (Fsp3) is 0.231. The molecule has 4 aliphatic rings. The second-order valence-corrected chi connectivity index (χ2v) is 13.6. The molecule has 0 unspecified atom stereocenters. The van der Waals surface area contributed by atoms with Gasteiger partial charge in [0.2, 0.25) is 11.8 Å². The summed E-state index contributed by atoms with van der Waals surface area (Å²) in [6.07, 6.45) is 2.41. The SMILES string of the molecule is Cc1ccc(NN2C(=O)[C@@H]3C[C@@H]4C(=CC[C@@H]5C(=O)N(c6ccccc6)C(=O)[C@@H]54)[C@H](c4cc(Cl)ccc4O)[C@]3(c3ccccc3)C2=O)cc1. The number of allylic oxidation sites excluding steroid dienone is 2. The number of para-hydroxylation sites is 1. The molecule has 1 saturated carbocycles. The predicted octanol–water partition coefficient (Wildman–Crippen LogP) is 6.54. The first kappa shape index (κ1) is 30.1. The van der Waals surface area contributed by atoms with Crippen LogP contribution >= 0.6 is 11.6 Å². The molecule has 0 radical (unpaired) electrons. The van der Waals surface area contributed by atoms with Crippen molar-refractivity contribution in [2.24, 2.45) is 23.7 Å². The van der Waals surface area contributed by atoms with Crippen LogP contribution in [0.15, 0.2) is 115 Å². The van der Waals surface area contributed by atoms with E-state index in [0.29, 0.717) is 27.5 Å². The topological polar surface area (TPSA) is 107 Å². The molecule has 2 heterocycles. The summed E-state index contributed by atoms with van der Waals surface area (Å²) in [4.78, 5) is 59.3. The van der Waals surface area contributed by atoms with Gasteiger partial charge < -0.3 is 5.11 Å². The normalized spacial score (nSPS) is 27.8. The maximum absolute atomic E-state index is 15.2. The van der Waals surface area contributed by atoms with Crippen molar-refractivity contribution in [3.63, 3.8) is 0 Å². The molecular weight excluding hydrogens is 626 g/mol. The molecule has 4 aromatic rings. The van der Waals surface area contributed by atoms with Crippen molar-refractivity contribution in [3.8, 4) is 5.75 Å². The quantitative estimate of drug-likeness (QED) is 0.186. The van der Waals surface area contributed by atoms with Gasteiger partial charge in [-0.15, -0.1) is 0 Å². The highest BCUT2D eigenvalue weighted by Crippen LogP contribution is 2.65. The number of hydrazine groups is 1. The lowest BCUT2D eigenvalue weighted by Crippen LogP contribution is -2.53. The second-order valence-electron chi connectivity index (χ2n) is 13.1. The van der Waals surface area contributed by atoms with E-state index in [9.17, 15) is 19.5 Å². The molecule has 6 atom stereocenters. The van der Waals surface area contributed by atoms with E-state index in [-0.39, 0.29) is 30.4 Å². The van der Waals surface area contributed by atoms with Gasteiger partial charge in [0.05, 0.1) is 34.5 Å². The Labute approximate surface area is 282 Å². The second kappa shape index (κ2) is 11.2. The first-order valence-electron chi connectivity index (χ1n) is 16.1. The molecule has 8 rings (SSSR count). The predicted molar refractivity (Wildman–Crippen MR) is 181 cm³/mol. The van der Waals surface area contributed by atoms with Crippen LogP contribution < -0.4 is 10.3 Å². The number of hydrogen-bond donors (Lipinski definition) is 2. The molecule has 2 N–H and O–H groups in total. The summed E-state index contributed by atoms with van der Waals surface area (Å²) in [6.45, 7) is 1.95. The highest BCUT2D eigenvalue weighted by atomic mass is 35.5. The fourth-order valence-corrected chi connectivity index (χ4v) is 8.86. The molecule has 3 fully saturated rings. The number of amides is 4. The fourth-order valence-electron chi connectivity index (χ4n) is 8.68. The number of anilines is 2. The summed E-state index contributed by atoms with van der Waals surface area (Å²) in [6, 6.07) is 30.2. The highest BCUT2D eigenvalue weighted by molar-refractivity contribution is 6.30. The van der Waals surface area contributed by atoms with E-state index in [0.717, 1.165) is 16.1 Å². The molecule has 4 aromatic carbocycles. The van der Waals surface area contributed by atoms with E-state index in [2.05, 4.69) is 5.43 Å².